The van der Waals surface area contributed by atoms with Crippen molar-refractivity contribution in [3.63, 3.8) is 0 Å². The summed E-state index contributed by atoms with van der Waals surface area (Å²) in [5, 5.41) is 8.87. The minimum absolute atomic E-state index is 0.00228. The number of aromatic nitrogens is 1. The minimum atomic E-state index is -0.120. The lowest BCUT2D eigenvalue weighted by molar-refractivity contribution is 0.0496. The molecule has 3 unspecified atom stereocenters. The lowest BCUT2D eigenvalue weighted by atomic mass is 9.88. The molecule has 0 bridgehead atoms. The van der Waals surface area contributed by atoms with Crippen LogP contribution in [0.25, 0.3) is 22.0 Å². The van der Waals surface area contributed by atoms with Gasteiger partial charge >= 0.3 is 0 Å². The lowest BCUT2D eigenvalue weighted by Gasteiger charge is -2.45. The first-order chi connectivity index (χ1) is 15.9. The Morgan fingerprint density at radius 3 is 2.58 bits per heavy atom. The number of hydrogen-bond donors (Lipinski definition) is 3. The number of nitrogens with two attached hydrogens (primary N) is 1. The summed E-state index contributed by atoms with van der Waals surface area (Å²) in [7, 11) is 0. The lowest BCUT2D eigenvalue weighted by Crippen LogP contribution is -2.46. The van der Waals surface area contributed by atoms with Crippen molar-refractivity contribution in [1.29, 1.82) is 5.41 Å². The van der Waals surface area contributed by atoms with Crippen molar-refractivity contribution in [3.8, 4) is 11.1 Å². The third-order valence-electron chi connectivity index (χ3n) is 7.22. The number of piperidine rings is 1. The van der Waals surface area contributed by atoms with Gasteiger partial charge in [0.25, 0.3) is 5.56 Å². The number of pyridine rings is 1. The van der Waals surface area contributed by atoms with Crippen LogP contribution in [0.2, 0.25) is 0 Å². The molecule has 0 saturated carbocycles. The zero-order chi connectivity index (χ0) is 23.5. The van der Waals surface area contributed by atoms with Crippen LogP contribution in [-0.2, 0) is 0 Å². The normalized spacial score (nSPS) is 20.1. The maximum absolute atomic E-state index is 13.0. The molecule has 4 rings (SSSR count). The van der Waals surface area contributed by atoms with Gasteiger partial charge in [0.15, 0.2) is 0 Å². The smallest absolute Gasteiger partial charge is 0.256 e. The van der Waals surface area contributed by atoms with Crippen molar-refractivity contribution in [2.45, 2.75) is 77.4 Å². The van der Waals surface area contributed by atoms with Crippen LogP contribution < -0.4 is 11.3 Å². The van der Waals surface area contributed by atoms with E-state index in [0.29, 0.717) is 29.3 Å². The summed E-state index contributed by atoms with van der Waals surface area (Å²) in [5.41, 5.74) is 9.77. The average Bonchev–Trinajstić information content (AvgIpc) is 2.80. The van der Waals surface area contributed by atoms with E-state index >= 15 is 0 Å². The molecular weight excluding hydrogens is 408 g/mol. The second-order valence-corrected chi connectivity index (χ2v) is 9.55. The molecule has 1 fully saturated rings. The van der Waals surface area contributed by atoms with Gasteiger partial charge in [-0.15, -0.1) is 0 Å². The molecule has 1 saturated heterocycles. The van der Waals surface area contributed by atoms with Gasteiger partial charge in [0, 0.05) is 40.2 Å². The molecule has 1 aliphatic heterocycles. The Labute approximate surface area is 196 Å². The Balaban J connectivity index is 1.88. The molecule has 5 nitrogen and oxygen atoms in total. The van der Waals surface area contributed by atoms with Crippen LogP contribution in [0, 0.1) is 5.41 Å². The number of benzene rings is 2. The molecule has 3 atom stereocenters. The second kappa shape index (κ2) is 9.92. The standard InChI is InChI=1S/C28H36N4O/c1-4-5-15-26(32-18(2)9-6-10-19(32)3)22-13-8-14-25-24(22)17-23(28(33)31-25)20-11-7-12-21(16-20)27(29)30/h7-8,11-14,16-19,26H,4-6,9-10,15H2,1-3H3,(H3,29,30)(H,31,33). The van der Waals surface area contributed by atoms with Crippen molar-refractivity contribution in [2.75, 3.05) is 0 Å². The zero-order valence-electron chi connectivity index (χ0n) is 20.0. The summed E-state index contributed by atoms with van der Waals surface area (Å²) in [6, 6.07) is 17.1. The van der Waals surface area contributed by atoms with Gasteiger partial charge < -0.3 is 10.7 Å². The molecule has 1 aromatic heterocycles. The quantitative estimate of drug-likeness (QED) is 0.310. The number of fused-ring (bicyclic) bond motifs is 1. The minimum Gasteiger partial charge on any atom is -0.384 e. The van der Waals surface area contributed by atoms with Crippen molar-refractivity contribution < 1.29 is 0 Å². The summed E-state index contributed by atoms with van der Waals surface area (Å²) in [6.45, 7) is 6.97. The molecule has 3 aromatic rings. The fraction of sp³-hybridized carbons (Fsp3) is 0.429. The summed E-state index contributed by atoms with van der Waals surface area (Å²) in [5.74, 6) is 0.00228. The van der Waals surface area contributed by atoms with Gasteiger partial charge in [-0.1, -0.05) is 56.5 Å². The first kappa shape index (κ1) is 23.2. The maximum atomic E-state index is 13.0. The second-order valence-electron chi connectivity index (χ2n) is 9.55. The van der Waals surface area contributed by atoms with Crippen LogP contribution >= 0.6 is 0 Å². The van der Waals surface area contributed by atoms with Gasteiger partial charge in [0.05, 0.1) is 0 Å². The number of amidine groups is 1. The van der Waals surface area contributed by atoms with E-state index in [9.17, 15) is 4.79 Å². The van der Waals surface area contributed by atoms with E-state index in [-0.39, 0.29) is 11.4 Å². The largest absolute Gasteiger partial charge is 0.384 e. The molecule has 0 radical (unpaired) electrons. The molecule has 33 heavy (non-hydrogen) atoms. The van der Waals surface area contributed by atoms with Crippen molar-refractivity contribution in [1.82, 2.24) is 9.88 Å². The number of H-pyrrole nitrogens is 1. The molecule has 5 heteroatoms. The van der Waals surface area contributed by atoms with E-state index < -0.39 is 0 Å². The number of hydrogen-bond acceptors (Lipinski definition) is 3. The Kier molecular flexibility index (Phi) is 6.99. The van der Waals surface area contributed by atoms with Crippen molar-refractivity contribution in [2.24, 2.45) is 5.73 Å². The molecule has 1 aliphatic rings. The van der Waals surface area contributed by atoms with Gasteiger partial charge in [-0.2, -0.15) is 0 Å². The Morgan fingerprint density at radius 2 is 1.88 bits per heavy atom. The van der Waals surface area contributed by atoms with E-state index in [1.807, 2.05) is 30.3 Å². The molecule has 2 heterocycles. The van der Waals surface area contributed by atoms with Gasteiger partial charge in [-0.25, -0.2) is 0 Å². The van der Waals surface area contributed by atoms with E-state index in [2.05, 4.69) is 42.8 Å². The van der Waals surface area contributed by atoms with Crippen molar-refractivity contribution in [3.05, 3.63) is 70.0 Å². The van der Waals surface area contributed by atoms with E-state index in [4.69, 9.17) is 11.1 Å². The van der Waals surface area contributed by atoms with Crippen LogP contribution in [0.3, 0.4) is 0 Å². The highest BCUT2D eigenvalue weighted by Gasteiger charge is 2.32. The first-order valence-corrected chi connectivity index (χ1v) is 12.3. The predicted molar refractivity (Wildman–Crippen MR) is 138 cm³/mol. The average molecular weight is 445 g/mol. The van der Waals surface area contributed by atoms with Crippen LogP contribution in [0.4, 0.5) is 0 Å². The number of nitrogens with one attached hydrogen (secondary N) is 2. The SMILES string of the molecule is CCCCC(c1cccc2[nH]c(=O)c(-c3cccc(C(=N)N)c3)cc12)N1C(C)CCCC1C. The summed E-state index contributed by atoms with van der Waals surface area (Å²) in [4.78, 5) is 18.9. The highest BCUT2D eigenvalue weighted by Crippen LogP contribution is 2.38. The van der Waals surface area contributed by atoms with Crippen LogP contribution in [-0.4, -0.2) is 27.8 Å². The van der Waals surface area contributed by atoms with E-state index in [1.54, 1.807) is 6.07 Å². The molecule has 174 valence electrons. The summed E-state index contributed by atoms with van der Waals surface area (Å²) in [6.07, 6.45) is 7.21. The van der Waals surface area contributed by atoms with Crippen molar-refractivity contribution >= 4 is 16.7 Å². The zero-order valence-corrected chi connectivity index (χ0v) is 20.0. The molecule has 0 amide bonds. The monoisotopic (exact) mass is 444 g/mol. The number of nitrogens with zero attached hydrogens (tertiary/aromatic N) is 1. The Hall–Kier alpha value is -2.92. The Bertz CT molecular complexity index is 1190. The Morgan fingerprint density at radius 1 is 1.15 bits per heavy atom. The molecule has 0 aliphatic carbocycles. The fourth-order valence-electron chi connectivity index (χ4n) is 5.53. The van der Waals surface area contributed by atoms with Crippen LogP contribution in [0.5, 0.6) is 0 Å². The summed E-state index contributed by atoms with van der Waals surface area (Å²) < 4.78 is 0. The third-order valence-corrected chi connectivity index (χ3v) is 7.22. The topological polar surface area (TPSA) is 86.0 Å². The third kappa shape index (κ3) is 4.74. The summed E-state index contributed by atoms with van der Waals surface area (Å²) >= 11 is 0. The van der Waals surface area contributed by atoms with E-state index in [1.165, 1.54) is 31.2 Å². The number of rotatable bonds is 7. The first-order valence-electron chi connectivity index (χ1n) is 12.3. The maximum Gasteiger partial charge on any atom is 0.256 e. The molecule has 4 N–H and O–H groups in total. The van der Waals surface area contributed by atoms with Crippen LogP contribution in [0.1, 0.15) is 76.5 Å². The number of unbranched alkanes of at least 4 members (excludes halogenated alkanes) is 1. The highest BCUT2D eigenvalue weighted by molar-refractivity contribution is 5.96. The fourth-order valence-corrected chi connectivity index (χ4v) is 5.53. The number of nitrogen functional groups attached to an aromatic ring is 1. The van der Waals surface area contributed by atoms with Gasteiger partial charge in [0.2, 0.25) is 0 Å². The molecular formula is C28H36N4O. The molecule has 2 aromatic carbocycles. The highest BCUT2D eigenvalue weighted by atomic mass is 16.1. The van der Waals surface area contributed by atoms with Gasteiger partial charge in [-0.05, 0) is 62.4 Å². The van der Waals surface area contributed by atoms with Gasteiger partial charge in [-0.3, -0.25) is 15.1 Å². The number of aromatic amines is 1. The number of likely N-dealkylation sites (tertiary alicyclic amines) is 1. The molecule has 0 spiro atoms. The van der Waals surface area contributed by atoms with E-state index in [0.717, 1.165) is 29.3 Å². The van der Waals surface area contributed by atoms with Crippen LogP contribution in [0.15, 0.2) is 53.3 Å². The predicted octanol–water partition coefficient (Wildman–Crippen LogP) is 5.97. The van der Waals surface area contributed by atoms with Gasteiger partial charge in [0.1, 0.15) is 5.84 Å².